The quantitative estimate of drug-likeness (QED) is 0.247. The van der Waals surface area contributed by atoms with Gasteiger partial charge in [0.2, 0.25) is 0 Å². The first-order valence-electron chi connectivity index (χ1n) is 10.7. The van der Waals surface area contributed by atoms with Crippen molar-refractivity contribution in [3.05, 3.63) is 99.5 Å². The van der Waals surface area contributed by atoms with Gasteiger partial charge in [0.25, 0.3) is 0 Å². The first-order valence-corrected chi connectivity index (χ1v) is 11.5. The molecule has 0 atom stereocenters. The normalized spacial score (nSPS) is 11.2. The number of ether oxygens (including phenoxy) is 2. The van der Waals surface area contributed by atoms with Crippen molar-refractivity contribution < 1.29 is 9.47 Å². The topological polar surface area (TPSA) is 30.8 Å². The molecule has 162 valence electrons. The van der Waals surface area contributed by atoms with Crippen LogP contribution >= 0.6 is 15.9 Å². The van der Waals surface area contributed by atoms with Gasteiger partial charge in [0, 0.05) is 6.21 Å². The molecule has 0 aliphatic heterocycles. The third-order valence-electron chi connectivity index (χ3n) is 5.44. The van der Waals surface area contributed by atoms with E-state index in [4.69, 9.17) is 9.47 Å². The van der Waals surface area contributed by atoms with Gasteiger partial charge in [0.15, 0.2) is 11.5 Å². The molecule has 0 saturated carbocycles. The van der Waals surface area contributed by atoms with E-state index in [9.17, 15) is 0 Å². The van der Waals surface area contributed by atoms with Gasteiger partial charge in [-0.2, -0.15) is 0 Å². The van der Waals surface area contributed by atoms with Crippen molar-refractivity contribution in [1.29, 1.82) is 0 Å². The number of hydrogen-bond acceptors (Lipinski definition) is 3. The lowest BCUT2D eigenvalue weighted by molar-refractivity contribution is 0.268. The van der Waals surface area contributed by atoms with Crippen LogP contribution in [-0.4, -0.2) is 12.8 Å². The van der Waals surface area contributed by atoms with Crippen molar-refractivity contribution in [2.45, 2.75) is 27.4 Å². The molecule has 4 heteroatoms. The zero-order chi connectivity index (χ0) is 22.5. The molecule has 0 saturated heterocycles. The Bertz CT molecular complexity index is 1270. The highest BCUT2D eigenvalue weighted by Gasteiger charge is 2.13. The fraction of sp³-hybridized carbons (Fsp3) is 0.179. The standard InChI is InChI=1S/C28H26BrNO2/c1-4-31-27-16-21(17-30-24-13-12-19(2)20(3)14-24)15-26(29)28(27)32-18-23-10-7-9-22-8-5-6-11-25(22)23/h5-17H,4,18H2,1-3H3. The second-order valence-electron chi connectivity index (χ2n) is 7.72. The van der Waals surface area contributed by atoms with Crippen LogP contribution in [-0.2, 0) is 6.61 Å². The van der Waals surface area contributed by atoms with Crippen LogP contribution in [0, 0.1) is 13.8 Å². The number of hydrogen-bond donors (Lipinski definition) is 0. The highest BCUT2D eigenvalue weighted by Crippen LogP contribution is 2.37. The summed E-state index contributed by atoms with van der Waals surface area (Å²) in [4.78, 5) is 4.64. The Morgan fingerprint density at radius 2 is 1.69 bits per heavy atom. The van der Waals surface area contributed by atoms with Gasteiger partial charge in [-0.15, -0.1) is 0 Å². The minimum Gasteiger partial charge on any atom is -0.490 e. The minimum absolute atomic E-state index is 0.454. The van der Waals surface area contributed by atoms with E-state index in [0.29, 0.717) is 24.7 Å². The SMILES string of the molecule is CCOc1cc(C=Nc2ccc(C)c(C)c2)cc(Br)c1OCc1cccc2ccccc12. The predicted molar refractivity (Wildman–Crippen MR) is 137 cm³/mol. The number of aryl methyl sites for hydroxylation is 2. The monoisotopic (exact) mass is 487 g/mol. The summed E-state index contributed by atoms with van der Waals surface area (Å²) >= 11 is 3.67. The molecule has 0 fully saturated rings. The Kier molecular flexibility index (Phi) is 6.91. The van der Waals surface area contributed by atoms with Gasteiger partial charge in [-0.25, -0.2) is 0 Å². The van der Waals surface area contributed by atoms with Crippen LogP contribution in [0.1, 0.15) is 29.2 Å². The third-order valence-corrected chi connectivity index (χ3v) is 6.03. The Hall–Kier alpha value is -3.11. The molecule has 4 aromatic carbocycles. The number of halogens is 1. The molecule has 0 amide bonds. The summed E-state index contributed by atoms with van der Waals surface area (Å²) < 4.78 is 13.0. The van der Waals surface area contributed by atoms with Crippen molar-refractivity contribution in [3.8, 4) is 11.5 Å². The van der Waals surface area contributed by atoms with E-state index in [2.05, 4.69) is 89.4 Å². The van der Waals surface area contributed by atoms with E-state index in [1.807, 2.05) is 31.3 Å². The average Bonchev–Trinajstić information content (AvgIpc) is 2.79. The van der Waals surface area contributed by atoms with Gasteiger partial charge in [-0.05, 0) is 94.0 Å². The Morgan fingerprint density at radius 3 is 2.50 bits per heavy atom. The molecule has 3 nitrogen and oxygen atoms in total. The highest BCUT2D eigenvalue weighted by molar-refractivity contribution is 9.10. The zero-order valence-electron chi connectivity index (χ0n) is 18.6. The van der Waals surface area contributed by atoms with Gasteiger partial charge in [0.1, 0.15) is 6.61 Å². The zero-order valence-corrected chi connectivity index (χ0v) is 20.1. The summed E-state index contributed by atoms with van der Waals surface area (Å²) in [5, 5.41) is 2.40. The van der Waals surface area contributed by atoms with E-state index >= 15 is 0 Å². The van der Waals surface area contributed by atoms with Crippen molar-refractivity contribution in [2.24, 2.45) is 4.99 Å². The molecule has 0 N–H and O–H groups in total. The van der Waals surface area contributed by atoms with Crippen LogP contribution in [0.25, 0.3) is 10.8 Å². The second kappa shape index (κ2) is 10.0. The van der Waals surface area contributed by atoms with Crippen molar-refractivity contribution in [1.82, 2.24) is 0 Å². The predicted octanol–water partition coefficient (Wildman–Crippen LogP) is 7.95. The van der Waals surface area contributed by atoms with Crippen LogP contribution in [0.3, 0.4) is 0 Å². The molecule has 0 aliphatic carbocycles. The van der Waals surface area contributed by atoms with Crippen LogP contribution in [0.4, 0.5) is 5.69 Å². The Morgan fingerprint density at radius 1 is 0.875 bits per heavy atom. The second-order valence-corrected chi connectivity index (χ2v) is 8.57. The molecule has 32 heavy (non-hydrogen) atoms. The molecule has 4 aromatic rings. The number of aliphatic imine (C=N–C) groups is 1. The fourth-order valence-corrected chi connectivity index (χ4v) is 4.16. The molecule has 0 bridgehead atoms. The maximum absolute atomic E-state index is 6.24. The van der Waals surface area contributed by atoms with Crippen LogP contribution in [0.15, 0.2) is 82.3 Å². The molecular formula is C28H26BrNO2. The van der Waals surface area contributed by atoms with E-state index in [1.54, 1.807) is 0 Å². The summed E-state index contributed by atoms with van der Waals surface area (Å²) in [6.45, 7) is 7.18. The largest absolute Gasteiger partial charge is 0.490 e. The van der Waals surface area contributed by atoms with Crippen molar-refractivity contribution in [3.63, 3.8) is 0 Å². The lowest BCUT2D eigenvalue weighted by atomic mass is 10.1. The average molecular weight is 488 g/mol. The maximum atomic E-state index is 6.24. The number of rotatable bonds is 7. The number of benzene rings is 4. The van der Waals surface area contributed by atoms with Crippen LogP contribution in [0.2, 0.25) is 0 Å². The number of nitrogens with zero attached hydrogens (tertiary/aromatic N) is 1. The van der Waals surface area contributed by atoms with Gasteiger partial charge in [-0.1, -0.05) is 48.5 Å². The van der Waals surface area contributed by atoms with Crippen molar-refractivity contribution in [2.75, 3.05) is 6.61 Å². The molecule has 0 radical (unpaired) electrons. The molecule has 0 heterocycles. The summed E-state index contributed by atoms with van der Waals surface area (Å²) in [6, 6.07) is 24.8. The summed E-state index contributed by atoms with van der Waals surface area (Å²) in [6.07, 6.45) is 1.85. The Balaban J connectivity index is 1.59. The lowest BCUT2D eigenvalue weighted by Gasteiger charge is -2.15. The van der Waals surface area contributed by atoms with E-state index in [1.165, 1.54) is 21.9 Å². The molecular weight excluding hydrogens is 462 g/mol. The molecule has 0 spiro atoms. The summed E-state index contributed by atoms with van der Waals surface area (Å²) in [5.41, 5.74) is 5.50. The lowest BCUT2D eigenvalue weighted by Crippen LogP contribution is -2.02. The van der Waals surface area contributed by atoms with Gasteiger partial charge in [-0.3, -0.25) is 4.99 Å². The van der Waals surface area contributed by atoms with Crippen LogP contribution in [0.5, 0.6) is 11.5 Å². The van der Waals surface area contributed by atoms with Gasteiger partial charge in [0.05, 0.1) is 16.8 Å². The van der Waals surface area contributed by atoms with E-state index < -0.39 is 0 Å². The molecule has 0 unspecified atom stereocenters. The minimum atomic E-state index is 0.454. The number of fused-ring (bicyclic) bond motifs is 1. The third kappa shape index (κ3) is 5.03. The molecule has 0 aromatic heterocycles. The Labute approximate surface area is 197 Å². The van der Waals surface area contributed by atoms with Gasteiger partial charge >= 0.3 is 0 Å². The summed E-state index contributed by atoms with van der Waals surface area (Å²) in [7, 11) is 0. The first kappa shape index (κ1) is 22.1. The van der Waals surface area contributed by atoms with E-state index in [0.717, 1.165) is 21.3 Å². The van der Waals surface area contributed by atoms with Gasteiger partial charge < -0.3 is 9.47 Å². The molecule has 4 rings (SSSR count). The fourth-order valence-electron chi connectivity index (χ4n) is 3.59. The first-order chi connectivity index (χ1) is 15.5. The van der Waals surface area contributed by atoms with E-state index in [-0.39, 0.29) is 0 Å². The highest BCUT2D eigenvalue weighted by atomic mass is 79.9. The maximum Gasteiger partial charge on any atom is 0.175 e. The summed E-state index contributed by atoms with van der Waals surface area (Å²) in [5.74, 6) is 1.40. The smallest absolute Gasteiger partial charge is 0.175 e. The van der Waals surface area contributed by atoms with Crippen molar-refractivity contribution >= 4 is 38.6 Å². The molecule has 0 aliphatic rings. The van der Waals surface area contributed by atoms with Crippen LogP contribution < -0.4 is 9.47 Å².